The Morgan fingerprint density at radius 2 is 1.50 bits per heavy atom. The molecule has 0 saturated heterocycles. The fourth-order valence-electron chi connectivity index (χ4n) is 1.44. The Morgan fingerprint density at radius 1 is 0.917 bits per heavy atom. The third kappa shape index (κ3) is 10.4. The van der Waals surface area contributed by atoms with E-state index in [0.29, 0.717) is 9.04 Å². The molecule has 0 amide bonds. The molecule has 0 fully saturated rings. The predicted octanol–water partition coefficient (Wildman–Crippen LogP) is 3.38. The van der Waals surface area contributed by atoms with E-state index in [0.717, 1.165) is 0 Å². The molecule has 0 unspecified atom stereocenters. The van der Waals surface area contributed by atoms with Crippen LogP contribution in [0.3, 0.4) is 0 Å². The highest BCUT2D eigenvalue weighted by Gasteiger charge is 2.11. The smallest absolute Gasteiger partial charge is 0.0310 e. The third-order valence-corrected chi connectivity index (χ3v) is 10.2. The van der Waals surface area contributed by atoms with Gasteiger partial charge in [0.15, 0.2) is 0 Å². The second-order valence-electron chi connectivity index (χ2n) is 5.08. The monoisotopic (exact) mass is 202 g/mol. The first-order valence-corrected chi connectivity index (χ1v) is 12.4. The van der Waals surface area contributed by atoms with Crippen LogP contribution in [0.4, 0.5) is 0 Å². The minimum Gasteiger partial charge on any atom is -0.0720 e. The number of rotatable bonds is 7. The standard InChI is InChI=1S/C10H26Si2/c1-5-6-7-8-9-10-11-12(2,3)4/h5-11H2,1-4H3. The average molecular weight is 202 g/mol. The van der Waals surface area contributed by atoms with Gasteiger partial charge in [-0.3, -0.25) is 0 Å². The molecule has 0 heterocycles. The maximum Gasteiger partial charge on any atom is 0.0310 e. The molecule has 0 aliphatic carbocycles. The fourth-order valence-corrected chi connectivity index (χ4v) is 7.03. The summed E-state index contributed by atoms with van der Waals surface area (Å²) in [6.45, 7) is 9.89. The molecule has 12 heavy (non-hydrogen) atoms. The van der Waals surface area contributed by atoms with E-state index in [1.54, 1.807) is 6.04 Å². The van der Waals surface area contributed by atoms with Crippen molar-refractivity contribution in [3.63, 3.8) is 0 Å². The van der Waals surface area contributed by atoms with Crippen LogP contribution in [-0.4, -0.2) is 16.6 Å². The van der Waals surface area contributed by atoms with Crippen molar-refractivity contribution in [2.75, 3.05) is 0 Å². The third-order valence-electron chi connectivity index (χ3n) is 2.28. The Hall–Kier alpha value is 0.434. The highest BCUT2D eigenvalue weighted by molar-refractivity contribution is 7.23. The molecule has 0 aromatic heterocycles. The van der Waals surface area contributed by atoms with Gasteiger partial charge in [0.05, 0.1) is 0 Å². The molecule has 0 bridgehead atoms. The Morgan fingerprint density at radius 3 is 2.00 bits per heavy atom. The van der Waals surface area contributed by atoms with Crippen molar-refractivity contribution < 1.29 is 0 Å². The van der Waals surface area contributed by atoms with Crippen LogP contribution in [0, 0.1) is 0 Å². The molecule has 0 aliphatic rings. The lowest BCUT2D eigenvalue weighted by Gasteiger charge is -2.14. The van der Waals surface area contributed by atoms with Gasteiger partial charge in [-0.1, -0.05) is 64.7 Å². The van der Waals surface area contributed by atoms with Gasteiger partial charge in [-0.2, -0.15) is 0 Å². The average Bonchev–Trinajstić information content (AvgIpc) is 1.94. The van der Waals surface area contributed by atoms with E-state index < -0.39 is 7.59 Å². The van der Waals surface area contributed by atoms with Crippen molar-refractivity contribution in [1.82, 2.24) is 0 Å². The highest BCUT2D eigenvalue weighted by Crippen LogP contribution is 2.08. The molecule has 2 heteroatoms. The molecule has 0 aromatic rings. The maximum absolute atomic E-state index is 2.53. The quantitative estimate of drug-likeness (QED) is 0.439. The molecule has 0 radical (unpaired) electrons. The van der Waals surface area contributed by atoms with E-state index in [9.17, 15) is 0 Å². The lowest BCUT2D eigenvalue weighted by Crippen LogP contribution is -2.29. The summed E-state index contributed by atoms with van der Waals surface area (Å²) < 4.78 is 0. The van der Waals surface area contributed by atoms with Gasteiger partial charge in [0.2, 0.25) is 0 Å². The van der Waals surface area contributed by atoms with Crippen molar-refractivity contribution in [3.05, 3.63) is 0 Å². The fraction of sp³-hybridized carbons (Fsp3) is 1.00. The van der Waals surface area contributed by atoms with E-state index >= 15 is 0 Å². The largest absolute Gasteiger partial charge is 0.0720 e. The minimum atomic E-state index is -0.587. The Bertz CT molecular complexity index is 94.5. The number of hydrogen-bond donors (Lipinski definition) is 0. The SMILES string of the molecule is CCCCCCC[SiH2][Si](C)(C)C. The van der Waals surface area contributed by atoms with Crippen LogP contribution in [0.15, 0.2) is 0 Å². The van der Waals surface area contributed by atoms with E-state index in [1.807, 2.05) is 0 Å². The van der Waals surface area contributed by atoms with Gasteiger partial charge in [0, 0.05) is 16.6 Å². The predicted molar refractivity (Wildman–Crippen MR) is 65.5 cm³/mol. The number of hydrogen-bond acceptors (Lipinski definition) is 0. The Labute approximate surface area is 81.8 Å². The summed E-state index contributed by atoms with van der Waals surface area (Å²) >= 11 is 0. The second-order valence-corrected chi connectivity index (χ2v) is 19.3. The number of unbranched alkanes of at least 4 members (excludes halogenated alkanes) is 4. The van der Waals surface area contributed by atoms with Crippen LogP contribution < -0.4 is 0 Å². The molecule has 0 nitrogen and oxygen atoms in total. The van der Waals surface area contributed by atoms with Crippen molar-refractivity contribution in [1.29, 1.82) is 0 Å². The molecule has 0 saturated carbocycles. The van der Waals surface area contributed by atoms with Gasteiger partial charge in [0.25, 0.3) is 0 Å². The second kappa shape index (κ2) is 6.90. The van der Waals surface area contributed by atoms with E-state index in [-0.39, 0.29) is 0 Å². The van der Waals surface area contributed by atoms with Crippen LogP contribution in [-0.2, 0) is 0 Å². The molecular weight excluding hydrogens is 176 g/mol. The molecule has 0 aromatic carbocycles. The minimum absolute atomic E-state index is 0.354. The summed E-state index contributed by atoms with van der Waals surface area (Å²) in [7, 11) is -0.233. The molecular formula is C10H26Si2. The molecule has 0 spiro atoms. The van der Waals surface area contributed by atoms with Gasteiger partial charge >= 0.3 is 0 Å². The summed E-state index contributed by atoms with van der Waals surface area (Å²) in [5.41, 5.74) is 0. The first kappa shape index (κ1) is 12.4. The molecule has 0 atom stereocenters. The molecule has 0 N–H and O–H groups in total. The van der Waals surface area contributed by atoms with E-state index in [2.05, 4.69) is 26.6 Å². The van der Waals surface area contributed by atoms with Gasteiger partial charge < -0.3 is 0 Å². The first-order chi connectivity index (χ1) is 5.56. The molecule has 0 aliphatic heterocycles. The zero-order valence-corrected chi connectivity index (χ0v) is 11.9. The normalized spacial score (nSPS) is 13.0. The lowest BCUT2D eigenvalue weighted by atomic mass is 10.2. The molecule has 74 valence electrons. The van der Waals surface area contributed by atoms with Gasteiger partial charge in [-0.25, -0.2) is 0 Å². The van der Waals surface area contributed by atoms with Gasteiger partial charge in [0.1, 0.15) is 0 Å². The summed E-state index contributed by atoms with van der Waals surface area (Å²) in [5.74, 6) is 0. The van der Waals surface area contributed by atoms with Crippen molar-refractivity contribution in [3.8, 4) is 0 Å². The first-order valence-electron chi connectivity index (χ1n) is 5.56. The maximum atomic E-state index is 2.53. The van der Waals surface area contributed by atoms with Crippen LogP contribution in [0.2, 0.25) is 25.7 Å². The van der Waals surface area contributed by atoms with Gasteiger partial charge in [-0.15, -0.1) is 0 Å². The lowest BCUT2D eigenvalue weighted by molar-refractivity contribution is 0.655. The zero-order valence-electron chi connectivity index (χ0n) is 9.45. The van der Waals surface area contributed by atoms with Crippen molar-refractivity contribution in [2.45, 2.75) is 64.7 Å². The molecule has 0 rings (SSSR count). The van der Waals surface area contributed by atoms with Crippen LogP contribution in [0.25, 0.3) is 0 Å². The van der Waals surface area contributed by atoms with Crippen LogP contribution in [0.1, 0.15) is 39.0 Å². The summed E-state index contributed by atoms with van der Waals surface area (Å²) in [6.07, 6.45) is 7.36. The van der Waals surface area contributed by atoms with Crippen molar-refractivity contribution in [2.24, 2.45) is 0 Å². The Kier molecular flexibility index (Phi) is 7.15. The zero-order chi connectivity index (χ0) is 9.45. The summed E-state index contributed by atoms with van der Waals surface area (Å²) in [6, 6.07) is 1.62. The van der Waals surface area contributed by atoms with Crippen molar-refractivity contribution >= 4 is 16.6 Å². The van der Waals surface area contributed by atoms with Gasteiger partial charge in [-0.05, 0) is 0 Å². The van der Waals surface area contributed by atoms with Crippen LogP contribution in [0.5, 0.6) is 0 Å². The summed E-state index contributed by atoms with van der Waals surface area (Å²) in [5, 5.41) is 0. The van der Waals surface area contributed by atoms with Crippen LogP contribution >= 0.6 is 0 Å². The van der Waals surface area contributed by atoms with E-state index in [1.165, 1.54) is 32.1 Å². The highest BCUT2D eigenvalue weighted by atomic mass is 29.2. The topological polar surface area (TPSA) is 0 Å². The van der Waals surface area contributed by atoms with E-state index in [4.69, 9.17) is 0 Å². The Balaban J connectivity index is 3.01. The summed E-state index contributed by atoms with van der Waals surface area (Å²) in [4.78, 5) is 0.